The zero-order valence-electron chi connectivity index (χ0n) is 12.4. The van der Waals surface area contributed by atoms with Gasteiger partial charge in [-0.25, -0.2) is 0 Å². The van der Waals surface area contributed by atoms with Gasteiger partial charge in [-0.2, -0.15) is 8.42 Å². The number of thioether (sulfide) groups is 1. The molecule has 2 heterocycles. The molecule has 0 spiro atoms. The number of nitrogens with zero attached hydrogens (tertiary/aromatic N) is 1. The van der Waals surface area contributed by atoms with Crippen molar-refractivity contribution in [2.75, 3.05) is 7.11 Å². The van der Waals surface area contributed by atoms with Gasteiger partial charge in [0, 0.05) is 0 Å². The second kappa shape index (κ2) is 6.80. The average Bonchev–Trinajstić information content (AvgIpc) is 3.19. The largest absolute Gasteiger partial charge is 0.497 e. The van der Waals surface area contributed by atoms with Crippen molar-refractivity contribution in [3.63, 3.8) is 0 Å². The molecular weight excluding hydrogens is 368 g/mol. The molecule has 1 aliphatic heterocycles. The molecule has 24 heavy (non-hydrogen) atoms. The zero-order valence-corrected chi connectivity index (χ0v) is 14.9. The predicted molar refractivity (Wildman–Crippen MR) is 95.6 cm³/mol. The number of ether oxygens (including phenoxy) is 1. The lowest BCUT2D eigenvalue weighted by Crippen LogP contribution is -2.20. The van der Waals surface area contributed by atoms with Crippen LogP contribution in [-0.4, -0.2) is 26.6 Å². The highest BCUT2D eigenvalue weighted by atomic mass is 32.2. The van der Waals surface area contributed by atoms with E-state index in [0.717, 1.165) is 28.7 Å². The lowest BCUT2D eigenvalue weighted by Gasteiger charge is -1.99. The van der Waals surface area contributed by atoms with E-state index in [1.165, 1.54) is 6.07 Å². The maximum Gasteiger partial charge on any atom is 0.294 e. The van der Waals surface area contributed by atoms with E-state index < -0.39 is 10.0 Å². The van der Waals surface area contributed by atoms with E-state index in [0.29, 0.717) is 10.7 Å². The Morgan fingerprint density at radius 1 is 1.21 bits per heavy atom. The molecule has 0 unspecified atom stereocenters. The van der Waals surface area contributed by atoms with E-state index in [1.807, 2.05) is 0 Å². The molecule has 124 valence electrons. The lowest BCUT2D eigenvalue weighted by molar-refractivity contribution is -0.115. The van der Waals surface area contributed by atoms with E-state index in [4.69, 9.17) is 4.74 Å². The van der Waals surface area contributed by atoms with Crippen molar-refractivity contribution in [1.29, 1.82) is 0 Å². The Balaban J connectivity index is 1.83. The van der Waals surface area contributed by atoms with Crippen LogP contribution in [-0.2, 0) is 14.8 Å². The minimum absolute atomic E-state index is 0.0492. The summed E-state index contributed by atoms with van der Waals surface area (Å²) < 4.78 is 33.1. The quantitative estimate of drug-likeness (QED) is 0.825. The van der Waals surface area contributed by atoms with E-state index in [2.05, 4.69) is 9.71 Å². The number of sulfonamides is 1. The van der Waals surface area contributed by atoms with Gasteiger partial charge < -0.3 is 4.74 Å². The van der Waals surface area contributed by atoms with Crippen LogP contribution in [0.15, 0.2) is 55.3 Å². The molecule has 1 fully saturated rings. The van der Waals surface area contributed by atoms with Crippen molar-refractivity contribution in [2.45, 2.75) is 4.21 Å². The second-order valence-corrected chi connectivity index (χ2v) is 8.45. The van der Waals surface area contributed by atoms with Crippen molar-refractivity contribution >= 4 is 50.3 Å². The molecule has 1 aromatic carbocycles. The molecule has 2 aromatic rings. The minimum atomic E-state index is -3.80. The maximum absolute atomic E-state index is 12.1. The highest BCUT2D eigenvalue weighted by Gasteiger charge is 2.26. The number of carbonyl (C=O) groups excluding carboxylic acids is 1. The van der Waals surface area contributed by atoms with Gasteiger partial charge in [0.05, 0.1) is 12.0 Å². The number of thiophene rings is 1. The third-order valence-electron chi connectivity index (χ3n) is 3.02. The summed E-state index contributed by atoms with van der Waals surface area (Å²) in [7, 11) is -2.23. The van der Waals surface area contributed by atoms with Crippen LogP contribution in [0.25, 0.3) is 6.08 Å². The third kappa shape index (κ3) is 3.69. The Labute approximate surface area is 147 Å². The average molecular weight is 380 g/mol. The van der Waals surface area contributed by atoms with Gasteiger partial charge >= 0.3 is 0 Å². The maximum atomic E-state index is 12.1. The summed E-state index contributed by atoms with van der Waals surface area (Å²) in [6.45, 7) is 0. The first kappa shape index (κ1) is 16.7. The number of benzene rings is 1. The van der Waals surface area contributed by atoms with Crippen molar-refractivity contribution in [3.05, 3.63) is 52.2 Å². The van der Waals surface area contributed by atoms with Crippen molar-refractivity contribution in [3.8, 4) is 5.75 Å². The number of hydrogen-bond donors (Lipinski definition) is 1. The number of amidine groups is 1. The van der Waals surface area contributed by atoms with Crippen molar-refractivity contribution in [1.82, 2.24) is 5.32 Å². The molecular formula is C15H12N2O4S3. The van der Waals surface area contributed by atoms with Crippen LogP contribution >= 0.6 is 23.1 Å². The Morgan fingerprint density at radius 3 is 2.58 bits per heavy atom. The fourth-order valence-corrected chi connectivity index (χ4v) is 4.84. The Morgan fingerprint density at radius 2 is 1.96 bits per heavy atom. The number of carbonyl (C=O) groups is 1. The van der Waals surface area contributed by atoms with Crippen LogP contribution in [0.4, 0.5) is 0 Å². The van der Waals surface area contributed by atoms with Gasteiger partial charge in [-0.1, -0.05) is 18.2 Å². The molecule has 1 saturated heterocycles. The fraction of sp³-hybridized carbons (Fsp3) is 0.0667. The van der Waals surface area contributed by atoms with Crippen LogP contribution in [0.3, 0.4) is 0 Å². The first-order valence-electron chi connectivity index (χ1n) is 6.71. The third-order valence-corrected chi connectivity index (χ3v) is 6.69. The van der Waals surface area contributed by atoms with Gasteiger partial charge in [-0.05, 0) is 47.0 Å². The standard InChI is InChI=1S/C15H12N2O4S3/c1-21-11-6-4-10(5-7-11)9-12-14(18)16-15(23-12)17-24(19,20)13-3-2-8-22-13/h2-9H,1H3,(H,16,17,18). The van der Waals surface area contributed by atoms with Gasteiger partial charge in [0.25, 0.3) is 15.9 Å². The summed E-state index contributed by atoms with van der Waals surface area (Å²) in [6, 6.07) is 10.3. The molecule has 1 amide bonds. The van der Waals surface area contributed by atoms with Gasteiger partial charge in [0.1, 0.15) is 9.96 Å². The van der Waals surface area contributed by atoms with Crippen LogP contribution in [0.1, 0.15) is 5.56 Å². The van der Waals surface area contributed by atoms with Crippen LogP contribution < -0.4 is 10.1 Å². The molecule has 6 nitrogen and oxygen atoms in total. The summed E-state index contributed by atoms with van der Waals surface area (Å²) in [5, 5.41) is 4.18. The smallest absolute Gasteiger partial charge is 0.294 e. The monoisotopic (exact) mass is 380 g/mol. The van der Waals surface area contributed by atoms with E-state index >= 15 is 0 Å². The summed E-state index contributed by atoms with van der Waals surface area (Å²) in [6.07, 6.45) is 1.67. The molecule has 1 aliphatic rings. The molecule has 0 aliphatic carbocycles. The predicted octanol–water partition coefficient (Wildman–Crippen LogP) is 2.71. The number of hydrogen-bond acceptors (Lipinski definition) is 6. The summed E-state index contributed by atoms with van der Waals surface area (Å²) in [5.74, 6) is 0.334. The summed E-state index contributed by atoms with van der Waals surface area (Å²) in [5.41, 5.74) is 0.802. The van der Waals surface area contributed by atoms with E-state index in [1.54, 1.807) is 48.9 Å². The molecule has 0 radical (unpaired) electrons. The lowest BCUT2D eigenvalue weighted by atomic mass is 10.2. The zero-order chi connectivity index (χ0) is 17.2. The van der Waals surface area contributed by atoms with Gasteiger partial charge in [0.15, 0.2) is 5.17 Å². The number of nitrogens with one attached hydrogen (secondary N) is 1. The first-order chi connectivity index (χ1) is 11.5. The molecule has 0 saturated carbocycles. The Hall–Kier alpha value is -2.10. The van der Waals surface area contributed by atoms with Gasteiger partial charge in [-0.15, -0.1) is 15.7 Å². The van der Waals surface area contributed by atoms with Crippen molar-refractivity contribution < 1.29 is 17.9 Å². The van der Waals surface area contributed by atoms with Gasteiger partial charge in [0.2, 0.25) is 0 Å². The molecule has 1 aromatic heterocycles. The minimum Gasteiger partial charge on any atom is -0.497 e. The normalized spacial score (nSPS) is 18.1. The molecule has 0 atom stereocenters. The van der Waals surface area contributed by atoms with Crippen LogP contribution in [0.5, 0.6) is 5.75 Å². The fourth-order valence-electron chi connectivity index (χ4n) is 1.89. The topological polar surface area (TPSA) is 84.8 Å². The number of rotatable bonds is 4. The van der Waals surface area contributed by atoms with Crippen LogP contribution in [0.2, 0.25) is 0 Å². The molecule has 9 heteroatoms. The van der Waals surface area contributed by atoms with E-state index in [-0.39, 0.29) is 15.3 Å². The number of amides is 1. The highest BCUT2D eigenvalue weighted by molar-refractivity contribution is 8.19. The SMILES string of the molecule is COc1ccc(C=C2S/C(=N/S(=O)(=O)c3cccs3)NC2=O)cc1. The summed E-state index contributed by atoms with van der Waals surface area (Å²) >= 11 is 2.07. The molecule has 1 N–H and O–H groups in total. The highest BCUT2D eigenvalue weighted by Crippen LogP contribution is 2.28. The first-order valence-corrected chi connectivity index (χ1v) is 9.85. The second-order valence-electron chi connectivity index (χ2n) is 4.64. The summed E-state index contributed by atoms with van der Waals surface area (Å²) in [4.78, 5) is 12.4. The number of methoxy groups -OCH3 is 1. The van der Waals surface area contributed by atoms with Gasteiger partial charge in [-0.3, -0.25) is 10.1 Å². The van der Waals surface area contributed by atoms with Crippen molar-refractivity contribution in [2.24, 2.45) is 4.40 Å². The Bertz CT molecular complexity index is 914. The Kier molecular flexibility index (Phi) is 4.74. The molecule has 0 bridgehead atoms. The molecule has 3 rings (SSSR count). The van der Waals surface area contributed by atoms with E-state index in [9.17, 15) is 13.2 Å². The van der Waals surface area contributed by atoms with Crippen LogP contribution in [0, 0.1) is 0 Å².